The normalized spacial score (nSPS) is 26.4. The average molecular weight is 235 g/mol. The first-order valence-electron chi connectivity index (χ1n) is 6.05. The lowest BCUT2D eigenvalue weighted by atomic mass is 9.90. The molecular weight excluding hydrogens is 218 g/mol. The number of nitrogen functional groups attached to an aromatic ring is 1. The van der Waals surface area contributed by atoms with Crippen LogP contribution in [0.4, 0.5) is 5.00 Å². The fourth-order valence-corrected chi connectivity index (χ4v) is 4.52. The van der Waals surface area contributed by atoms with Gasteiger partial charge in [-0.2, -0.15) is 0 Å². The van der Waals surface area contributed by atoms with E-state index in [9.17, 15) is 4.79 Å². The molecule has 0 spiro atoms. The van der Waals surface area contributed by atoms with Crippen molar-refractivity contribution in [3.63, 3.8) is 0 Å². The Morgan fingerprint density at radius 2 is 2.06 bits per heavy atom. The van der Waals surface area contributed by atoms with Crippen molar-refractivity contribution in [2.45, 2.75) is 44.9 Å². The molecular formula is C13H17NOS. The van der Waals surface area contributed by atoms with Gasteiger partial charge >= 0.3 is 0 Å². The minimum absolute atomic E-state index is 0.0557. The first kappa shape index (κ1) is 10.3. The highest BCUT2D eigenvalue weighted by Gasteiger charge is 2.42. The zero-order valence-corrected chi connectivity index (χ0v) is 10.6. The Hall–Kier alpha value is -0.830. The molecule has 1 aromatic heterocycles. The lowest BCUT2D eigenvalue weighted by Crippen LogP contribution is -2.12. The molecule has 2 bridgehead atoms. The summed E-state index contributed by atoms with van der Waals surface area (Å²) in [5.41, 5.74) is 8.25. The predicted octanol–water partition coefficient (Wildman–Crippen LogP) is 3.53. The molecule has 2 nitrogen and oxygen atoms in total. The van der Waals surface area contributed by atoms with Crippen LogP contribution in [0.3, 0.4) is 0 Å². The first-order chi connectivity index (χ1) is 7.59. The van der Waals surface area contributed by atoms with Crippen LogP contribution in [-0.4, -0.2) is 5.78 Å². The van der Waals surface area contributed by atoms with E-state index in [2.05, 4.69) is 0 Å². The zero-order chi connectivity index (χ0) is 11.4. The minimum Gasteiger partial charge on any atom is -0.390 e. The Kier molecular flexibility index (Phi) is 2.15. The summed E-state index contributed by atoms with van der Waals surface area (Å²) in [6.07, 6.45) is 3.82. The molecule has 0 aliphatic heterocycles. The third-order valence-corrected chi connectivity index (χ3v) is 5.18. The van der Waals surface area contributed by atoms with Crippen LogP contribution in [-0.2, 0) is 0 Å². The Labute approximate surface area is 99.8 Å². The molecule has 1 saturated carbocycles. The number of thiophene rings is 1. The van der Waals surface area contributed by atoms with E-state index in [1.807, 2.05) is 13.8 Å². The van der Waals surface area contributed by atoms with Gasteiger partial charge in [0.25, 0.3) is 0 Å². The summed E-state index contributed by atoms with van der Waals surface area (Å²) in [6.45, 7) is 3.91. The number of hydrogen-bond donors (Lipinski definition) is 1. The molecule has 0 amide bonds. The summed E-state index contributed by atoms with van der Waals surface area (Å²) >= 11 is 1.67. The lowest BCUT2D eigenvalue weighted by molar-refractivity contribution is 0.0939. The molecule has 3 heteroatoms. The number of carbonyl (C=O) groups excluding carboxylic acids is 1. The Morgan fingerprint density at radius 1 is 1.38 bits per heavy atom. The van der Waals surface area contributed by atoms with E-state index in [4.69, 9.17) is 5.73 Å². The Morgan fingerprint density at radius 3 is 2.75 bits per heavy atom. The number of fused-ring (bicyclic) bond motifs is 5. The van der Waals surface area contributed by atoms with Gasteiger partial charge in [-0.3, -0.25) is 4.79 Å². The average Bonchev–Trinajstić information content (AvgIpc) is 2.86. The van der Waals surface area contributed by atoms with Crippen LogP contribution in [0.25, 0.3) is 0 Å². The van der Waals surface area contributed by atoms with Crippen molar-refractivity contribution in [3.05, 3.63) is 16.0 Å². The van der Waals surface area contributed by atoms with Gasteiger partial charge in [-0.05, 0) is 36.7 Å². The second-order valence-electron chi connectivity index (χ2n) is 5.35. The summed E-state index contributed by atoms with van der Waals surface area (Å²) in [5.74, 6) is 1.63. The van der Waals surface area contributed by atoms with Gasteiger partial charge in [0.2, 0.25) is 0 Å². The molecule has 16 heavy (non-hydrogen) atoms. The SMILES string of the molecule is CC(C)C(=O)c1c(N)sc2c1C1CCC2C1. The number of anilines is 1. The van der Waals surface area contributed by atoms with E-state index in [0.29, 0.717) is 11.8 Å². The fourth-order valence-electron chi connectivity index (χ4n) is 3.21. The Balaban J connectivity index is 2.13. The van der Waals surface area contributed by atoms with Crippen molar-refractivity contribution in [3.8, 4) is 0 Å². The van der Waals surface area contributed by atoms with Gasteiger partial charge in [0.1, 0.15) is 0 Å². The highest BCUT2D eigenvalue weighted by molar-refractivity contribution is 7.16. The molecule has 2 N–H and O–H groups in total. The predicted molar refractivity (Wildman–Crippen MR) is 67.2 cm³/mol. The van der Waals surface area contributed by atoms with Crippen molar-refractivity contribution in [2.75, 3.05) is 5.73 Å². The lowest BCUT2D eigenvalue weighted by Gasteiger charge is -2.13. The van der Waals surface area contributed by atoms with Gasteiger partial charge in [-0.25, -0.2) is 0 Å². The third-order valence-electron chi connectivity index (χ3n) is 3.98. The molecule has 0 saturated heterocycles. The molecule has 2 aliphatic rings. The van der Waals surface area contributed by atoms with Crippen LogP contribution >= 0.6 is 11.3 Å². The van der Waals surface area contributed by atoms with Crippen molar-refractivity contribution in [1.29, 1.82) is 0 Å². The van der Waals surface area contributed by atoms with E-state index in [0.717, 1.165) is 10.6 Å². The van der Waals surface area contributed by atoms with Gasteiger partial charge in [-0.15, -0.1) is 11.3 Å². The topological polar surface area (TPSA) is 43.1 Å². The van der Waals surface area contributed by atoms with E-state index in [1.54, 1.807) is 11.3 Å². The van der Waals surface area contributed by atoms with Crippen LogP contribution < -0.4 is 5.73 Å². The van der Waals surface area contributed by atoms with Crippen molar-refractivity contribution >= 4 is 22.1 Å². The maximum absolute atomic E-state index is 12.2. The highest BCUT2D eigenvalue weighted by atomic mass is 32.1. The maximum Gasteiger partial charge on any atom is 0.168 e. The standard InChI is InChI=1S/C13H17NOS/c1-6(2)11(15)10-9-7-3-4-8(5-7)12(9)16-13(10)14/h6-8H,3-5,14H2,1-2H3. The summed E-state index contributed by atoms with van der Waals surface area (Å²) < 4.78 is 0. The van der Waals surface area contributed by atoms with Crippen LogP contribution in [0, 0.1) is 5.92 Å². The number of nitrogens with two attached hydrogens (primary N) is 1. The fraction of sp³-hybridized carbons (Fsp3) is 0.615. The van der Waals surface area contributed by atoms with E-state index in [1.165, 1.54) is 29.7 Å². The van der Waals surface area contributed by atoms with Gasteiger partial charge in [0.05, 0.1) is 10.6 Å². The number of ketones is 1. The molecule has 86 valence electrons. The molecule has 2 unspecified atom stereocenters. The monoisotopic (exact) mass is 235 g/mol. The number of hydrogen-bond acceptors (Lipinski definition) is 3. The van der Waals surface area contributed by atoms with E-state index >= 15 is 0 Å². The molecule has 1 aromatic rings. The molecule has 2 atom stereocenters. The summed E-state index contributed by atoms with van der Waals surface area (Å²) in [7, 11) is 0. The van der Waals surface area contributed by atoms with Gasteiger partial charge in [0, 0.05) is 10.8 Å². The number of carbonyl (C=O) groups is 1. The maximum atomic E-state index is 12.2. The largest absolute Gasteiger partial charge is 0.390 e. The quantitative estimate of drug-likeness (QED) is 0.797. The van der Waals surface area contributed by atoms with Gasteiger partial charge in [0.15, 0.2) is 5.78 Å². The van der Waals surface area contributed by atoms with Crippen molar-refractivity contribution in [2.24, 2.45) is 5.92 Å². The molecule has 3 rings (SSSR count). The second kappa shape index (κ2) is 3.33. The summed E-state index contributed by atoms with van der Waals surface area (Å²) in [6, 6.07) is 0. The molecule has 1 heterocycles. The second-order valence-corrected chi connectivity index (χ2v) is 6.43. The molecule has 1 fully saturated rings. The molecule has 2 aliphatic carbocycles. The van der Waals surface area contributed by atoms with Crippen LogP contribution in [0.15, 0.2) is 0 Å². The summed E-state index contributed by atoms with van der Waals surface area (Å²) in [4.78, 5) is 13.6. The molecule has 0 radical (unpaired) electrons. The molecule has 0 aromatic carbocycles. The van der Waals surface area contributed by atoms with E-state index < -0.39 is 0 Å². The minimum atomic E-state index is 0.0557. The van der Waals surface area contributed by atoms with Crippen LogP contribution in [0.2, 0.25) is 0 Å². The third kappa shape index (κ3) is 1.21. The van der Waals surface area contributed by atoms with Crippen LogP contribution in [0.5, 0.6) is 0 Å². The van der Waals surface area contributed by atoms with Crippen LogP contribution in [0.1, 0.15) is 65.7 Å². The highest BCUT2D eigenvalue weighted by Crippen LogP contribution is 2.58. The van der Waals surface area contributed by atoms with Crippen molar-refractivity contribution in [1.82, 2.24) is 0 Å². The number of rotatable bonds is 2. The zero-order valence-electron chi connectivity index (χ0n) is 9.75. The van der Waals surface area contributed by atoms with E-state index in [-0.39, 0.29) is 11.7 Å². The van der Waals surface area contributed by atoms with Gasteiger partial charge < -0.3 is 5.73 Å². The number of Topliss-reactive ketones (excluding diaryl/α,β-unsaturated/α-hetero) is 1. The Bertz CT molecular complexity index is 461. The summed E-state index contributed by atoms with van der Waals surface area (Å²) in [5, 5.41) is 0.764. The first-order valence-corrected chi connectivity index (χ1v) is 6.87. The van der Waals surface area contributed by atoms with Gasteiger partial charge in [-0.1, -0.05) is 13.8 Å². The van der Waals surface area contributed by atoms with Crippen molar-refractivity contribution < 1.29 is 4.79 Å². The smallest absolute Gasteiger partial charge is 0.168 e.